The number of carbonyl (C=O) groups is 1. The highest BCUT2D eigenvalue weighted by molar-refractivity contribution is 6.02. The summed E-state index contributed by atoms with van der Waals surface area (Å²) in [5.74, 6) is -0.329. The minimum Gasteiger partial charge on any atom is -0.355 e. The van der Waals surface area contributed by atoms with Crippen molar-refractivity contribution in [2.24, 2.45) is 7.05 Å². The van der Waals surface area contributed by atoms with E-state index >= 15 is 0 Å². The summed E-state index contributed by atoms with van der Waals surface area (Å²) in [5.41, 5.74) is -0.415. The van der Waals surface area contributed by atoms with Crippen molar-refractivity contribution in [3.63, 3.8) is 0 Å². The van der Waals surface area contributed by atoms with Crippen LogP contribution in [0, 0.1) is 0 Å². The van der Waals surface area contributed by atoms with Gasteiger partial charge in [-0.05, 0) is 12.8 Å². The van der Waals surface area contributed by atoms with Crippen molar-refractivity contribution in [1.82, 2.24) is 25.0 Å². The van der Waals surface area contributed by atoms with Gasteiger partial charge < -0.3 is 10.2 Å². The summed E-state index contributed by atoms with van der Waals surface area (Å²) in [6.45, 7) is 1.72. The zero-order chi connectivity index (χ0) is 16.4. The van der Waals surface area contributed by atoms with Gasteiger partial charge in [0.2, 0.25) is 0 Å². The quantitative estimate of drug-likeness (QED) is 0.915. The van der Waals surface area contributed by atoms with Gasteiger partial charge in [-0.2, -0.15) is 0 Å². The Labute approximate surface area is 130 Å². The van der Waals surface area contributed by atoms with Crippen LogP contribution < -0.4 is 10.2 Å². The van der Waals surface area contributed by atoms with Gasteiger partial charge in [-0.3, -0.25) is 9.78 Å². The summed E-state index contributed by atoms with van der Waals surface area (Å²) in [5, 5.41) is 9.35. The van der Waals surface area contributed by atoms with E-state index in [0.717, 1.165) is 30.6 Å². The Bertz CT molecular complexity index is 712. The number of halogens is 2. The van der Waals surface area contributed by atoms with Crippen LogP contribution in [0.1, 0.15) is 35.4 Å². The van der Waals surface area contributed by atoms with Crippen molar-refractivity contribution in [2.75, 3.05) is 23.3 Å². The SMILES string of the molecule is Cn1nnc(NC(=O)c2cncc(N3CCCC3)n2)c1C(F)F. The minimum atomic E-state index is -2.80. The third kappa shape index (κ3) is 3.10. The second-order valence-corrected chi connectivity index (χ2v) is 5.16. The maximum absolute atomic E-state index is 13.0. The molecule has 0 saturated carbocycles. The van der Waals surface area contributed by atoms with Crippen LogP contribution in [0.2, 0.25) is 0 Å². The van der Waals surface area contributed by atoms with Crippen LogP contribution in [0.4, 0.5) is 20.4 Å². The lowest BCUT2D eigenvalue weighted by molar-refractivity contribution is 0.102. The molecule has 0 aliphatic carbocycles. The number of aryl methyl sites for hydroxylation is 1. The first-order valence-electron chi connectivity index (χ1n) is 7.12. The molecule has 1 aliphatic rings. The molecule has 8 nitrogen and oxygen atoms in total. The van der Waals surface area contributed by atoms with Crippen LogP contribution in [0.25, 0.3) is 0 Å². The van der Waals surface area contributed by atoms with E-state index in [1.54, 1.807) is 6.20 Å². The Balaban J connectivity index is 1.80. The van der Waals surface area contributed by atoms with E-state index in [0.29, 0.717) is 5.82 Å². The minimum absolute atomic E-state index is 0.0419. The summed E-state index contributed by atoms with van der Waals surface area (Å²) >= 11 is 0. The fourth-order valence-corrected chi connectivity index (χ4v) is 2.43. The lowest BCUT2D eigenvalue weighted by atomic mass is 10.3. The lowest BCUT2D eigenvalue weighted by Gasteiger charge is -2.16. The smallest absolute Gasteiger partial charge is 0.283 e. The summed E-state index contributed by atoms with van der Waals surface area (Å²) < 4.78 is 26.8. The molecule has 1 amide bonds. The summed E-state index contributed by atoms with van der Waals surface area (Å²) in [4.78, 5) is 22.5. The summed E-state index contributed by atoms with van der Waals surface area (Å²) in [6, 6.07) is 0. The van der Waals surface area contributed by atoms with E-state index < -0.39 is 18.0 Å². The molecular formula is C13H15F2N7O. The van der Waals surface area contributed by atoms with E-state index in [1.165, 1.54) is 13.2 Å². The van der Waals surface area contributed by atoms with Crippen LogP contribution >= 0.6 is 0 Å². The molecule has 2 aromatic rings. The number of hydrogen-bond acceptors (Lipinski definition) is 6. The second kappa shape index (κ2) is 6.23. The zero-order valence-corrected chi connectivity index (χ0v) is 12.4. The standard InChI is InChI=1S/C13H15F2N7O/c1-21-10(11(14)15)12(19-20-21)18-13(23)8-6-16-7-9(17-8)22-4-2-3-5-22/h6-7,11H,2-5H2,1H3,(H,18,23). The predicted octanol–water partition coefficient (Wildman–Crippen LogP) is 1.40. The maximum Gasteiger partial charge on any atom is 0.283 e. The summed E-state index contributed by atoms with van der Waals surface area (Å²) in [7, 11) is 1.33. The van der Waals surface area contributed by atoms with Crippen molar-refractivity contribution >= 4 is 17.5 Å². The molecule has 1 fully saturated rings. The average Bonchev–Trinajstić information content (AvgIpc) is 3.17. The van der Waals surface area contributed by atoms with Gasteiger partial charge in [-0.15, -0.1) is 5.10 Å². The Morgan fingerprint density at radius 2 is 2.04 bits per heavy atom. The zero-order valence-electron chi connectivity index (χ0n) is 12.4. The van der Waals surface area contributed by atoms with Gasteiger partial charge in [-0.25, -0.2) is 18.4 Å². The van der Waals surface area contributed by atoms with E-state index in [1.807, 2.05) is 4.90 Å². The third-order valence-corrected chi connectivity index (χ3v) is 3.59. The second-order valence-electron chi connectivity index (χ2n) is 5.16. The Kier molecular flexibility index (Phi) is 4.13. The molecule has 1 N–H and O–H groups in total. The molecule has 0 aromatic carbocycles. The van der Waals surface area contributed by atoms with Gasteiger partial charge in [0.15, 0.2) is 5.82 Å². The van der Waals surface area contributed by atoms with E-state index in [2.05, 4.69) is 25.6 Å². The van der Waals surface area contributed by atoms with Crippen LogP contribution in [-0.4, -0.2) is 44.0 Å². The van der Waals surface area contributed by atoms with Crippen molar-refractivity contribution < 1.29 is 13.6 Å². The molecule has 2 aromatic heterocycles. The van der Waals surface area contributed by atoms with Crippen molar-refractivity contribution in [3.05, 3.63) is 23.8 Å². The van der Waals surface area contributed by atoms with Gasteiger partial charge >= 0.3 is 0 Å². The number of aromatic nitrogens is 5. The van der Waals surface area contributed by atoms with Crippen LogP contribution in [0.15, 0.2) is 12.4 Å². The number of nitrogens with one attached hydrogen (secondary N) is 1. The molecule has 0 atom stereocenters. The molecule has 1 aliphatic heterocycles. The van der Waals surface area contributed by atoms with Crippen molar-refractivity contribution in [1.29, 1.82) is 0 Å². The molecular weight excluding hydrogens is 308 g/mol. The molecule has 10 heteroatoms. The van der Waals surface area contributed by atoms with Gasteiger partial charge in [0.25, 0.3) is 12.3 Å². The van der Waals surface area contributed by atoms with Crippen molar-refractivity contribution in [2.45, 2.75) is 19.3 Å². The first-order valence-corrected chi connectivity index (χ1v) is 7.12. The monoisotopic (exact) mass is 323 g/mol. The molecule has 0 bridgehead atoms. The number of hydrogen-bond donors (Lipinski definition) is 1. The topological polar surface area (TPSA) is 88.8 Å². The van der Waals surface area contributed by atoms with E-state index in [-0.39, 0.29) is 11.5 Å². The molecule has 122 valence electrons. The first-order chi connectivity index (χ1) is 11.1. The number of amides is 1. The molecule has 0 radical (unpaired) electrons. The number of carbonyl (C=O) groups excluding carboxylic acids is 1. The Hall–Kier alpha value is -2.65. The Morgan fingerprint density at radius 3 is 2.74 bits per heavy atom. The molecule has 3 heterocycles. The lowest BCUT2D eigenvalue weighted by Crippen LogP contribution is -2.22. The van der Waals surface area contributed by atoms with Gasteiger partial charge in [-0.1, -0.05) is 5.21 Å². The Morgan fingerprint density at radius 1 is 1.30 bits per heavy atom. The maximum atomic E-state index is 13.0. The van der Waals surface area contributed by atoms with Crippen LogP contribution in [0.3, 0.4) is 0 Å². The molecule has 23 heavy (non-hydrogen) atoms. The first kappa shape index (κ1) is 15.3. The molecule has 0 unspecified atom stereocenters. The van der Waals surface area contributed by atoms with Gasteiger partial charge in [0, 0.05) is 20.1 Å². The van der Waals surface area contributed by atoms with Crippen LogP contribution in [0.5, 0.6) is 0 Å². The molecule has 3 rings (SSSR count). The van der Waals surface area contributed by atoms with Gasteiger partial charge in [0.05, 0.1) is 12.4 Å². The van der Waals surface area contributed by atoms with Crippen LogP contribution in [-0.2, 0) is 7.05 Å². The summed E-state index contributed by atoms with van der Waals surface area (Å²) in [6.07, 6.45) is 2.19. The number of anilines is 2. The number of nitrogens with zero attached hydrogens (tertiary/aromatic N) is 6. The fourth-order valence-electron chi connectivity index (χ4n) is 2.43. The highest BCUT2D eigenvalue weighted by atomic mass is 19.3. The van der Waals surface area contributed by atoms with Gasteiger partial charge in [0.1, 0.15) is 17.2 Å². The predicted molar refractivity (Wildman–Crippen MR) is 77.4 cm³/mol. The van der Waals surface area contributed by atoms with Crippen molar-refractivity contribution in [3.8, 4) is 0 Å². The highest BCUT2D eigenvalue weighted by Crippen LogP contribution is 2.24. The van der Waals surface area contributed by atoms with E-state index in [9.17, 15) is 13.6 Å². The fraction of sp³-hybridized carbons (Fsp3) is 0.462. The normalized spacial score (nSPS) is 14.5. The number of rotatable bonds is 4. The number of alkyl halides is 2. The highest BCUT2D eigenvalue weighted by Gasteiger charge is 2.23. The van der Waals surface area contributed by atoms with E-state index in [4.69, 9.17) is 0 Å². The third-order valence-electron chi connectivity index (χ3n) is 3.59. The largest absolute Gasteiger partial charge is 0.355 e. The average molecular weight is 323 g/mol. The molecule has 1 saturated heterocycles. The molecule has 0 spiro atoms.